The van der Waals surface area contributed by atoms with Crippen LogP contribution in [0.15, 0.2) is 17.2 Å². The van der Waals surface area contributed by atoms with E-state index in [0.29, 0.717) is 22.8 Å². The second-order valence-electron chi connectivity index (χ2n) is 3.19. The summed E-state index contributed by atoms with van der Waals surface area (Å²) in [5.74, 6) is 1.48. The van der Waals surface area contributed by atoms with Crippen molar-refractivity contribution >= 4 is 12.2 Å². The van der Waals surface area contributed by atoms with E-state index in [1.54, 1.807) is 12.1 Å². The van der Waals surface area contributed by atoms with Gasteiger partial charge >= 0.3 is 6.03 Å². The molecule has 7 heteroatoms. The number of hydrogen-bond acceptors (Lipinski definition) is 5. The molecule has 0 aliphatic rings. The van der Waals surface area contributed by atoms with Gasteiger partial charge < -0.3 is 19.9 Å². The van der Waals surface area contributed by atoms with Gasteiger partial charge in [-0.3, -0.25) is 0 Å². The van der Waals surface area contributed by atoms with Crippen LogP contribution in [0.3, 0.4) is 0 Å². The highest BCUT2D eigenvalue weighted by Crippen LogP contribution is 2.37. The molecule has 0 heterocycles. The number of carbonyl (C=O) groups is 1. The molecule has 0 unspecified atom stereocenters. The number of methoxy groups -OCH3 is 3. The smallest absolute Gasteiger partial charge is 0.332 e. The molecule has 0 aliphatic carbocycles. The monoisotopic (exact) mass is 253 g/mol. The molecule has 98 valence electrons. The lowest BCUT2D eigenvalue weighted by Crippen LogP contribution is -2.24. The van der Waals surface area contributed by atoms with Crippen LogP contribution in [0.25, 0.3) is 0 Å². The standard InChI is InChI=1S/C11H15N3O4/c1-16-8-4-7(6-13-14-11(12)15)5-9(17-2)10(8)18-3/h4-6H,1-3H3,(H3,12,14,15)/b13-6-. The zero-order valence-corrected chi connectivity index (χ0v) is 10.4. The summed E-state index contributed by atoms with van der Waals surface area (Å²) in [6.45, 7) is 0. The Morgan fingerprint density at radius 3 is 2.17 bits per heavy atom. The molecule has 0 bridgehead atoms. The molecule has 0 saturated heterocycles. The summed E-state index contributed by atoms with van der Waals surface area (Å²) in [5.41, 5.74) is 7.64. The van der Waals surface area contributed by atoms with Gasteiger partial charge in [0.05, 0.1) is 27.5 Å². The van der Waals surface area contributed by atoms with Gasteiger partial charge in [0.2, 0.25) is 5.75 Å². The number of nitrogens with two attached hydrogens (primary N) is 1. The number of nitrogens with zero attached hydrogens (tertiary/aromatic N) is 1. The number of ether oxygens (including phenoxy) is 3. The van der Waals surface area contributed by atoms with Gasteiger partial charge in [-0.2, -0.15) is 5.10 Å². The highest BCUT2D eigenvalue weighted by molar-refractivity contribution is 5.83. The van der Waals surface area contributed by atoms with E-state index in [2.05, 4.69) is 10.5 Å². The van der Waals surface area contributed by atoms with Gasteiger partial charge in [-0.15, -0.1) is 0 Å². The summed E-state index contributed by atoms with van der Waals surface area (Å²) >= 11 is 0. The van der Waals surface area contributed by atoms with Crippen molar-refractivity contribution < 1.29 is 19.0 Å². The first-order valence-electron chi connectivity index (χ1n) is 5.01. The molecule has 0 fully saturated rings. The van der Waals surface area contributed by atoms with E-state index in [1.165, 1.54) is 27.5 Å². The maximum absolute atomic E-state index is 10.5. The van der Waals surface area contributed by atoms with Gasteiger partial charge in [0.25, 0.3) is 0 Å². The van der Waals surface area contributed by atoms with E-state index in [1.807, 2.05) is 0 Å². The molecule has 3 N–H and O–H groups in total. The van der Waals surface area contributed by atoms with Crippen molar-refractivity contribution in [1.82, 2.24) is 5.43 Å². The normalized spacial score (nSPS) is 10.2. The molecule has 0 aliphatic heterocycles. The van der Waals surface area contributed by atoms with Crippen molar-refractivity contribution in [2.75, 3.05) is 21.3 Å². The van der Waals surface area contributed by atoms with E-state index < -0.39 is 6.03 Å². The number of benzene rings is 1. The largest absolute Gasteiger partial charge is 0.493 e. The van der Waals surface area contributed by atoms with E-state index >= 15 is 0 Å². The fourth-order valence-electron chi connectivity index (χ4n) is 1.35. The highest BCUT2D eigenvalue weighted by Gasteiger charge is 2.12. The Hall–Kier alpha value is -2.44. The number of urea groups is 1. The van der Waals surface area contributed by atoms with E-state index in [4.69, 9.17) is 19.9 Å². The minimum absolute atomic E-state index is 0.486. The molecule has 0 saturated carbocycles. The maximum Gasteiger partial charge on any atom is 0.332 e. The summed E-state index contributed by atoms with van der Waals surface area (Å²) in [6.07, 6.45) is 1.41. The van der Waals surface area contributed by atoms with Crippen LogP contribution in [0.4, 0.5) is 4.79 Å². The Balaban J connectivity index is 3.07. The number of nitrogens with one attached hydrogen (secondary N) is 1. The van der Waals surface area contributed by atoms with Crippen LogP contribution >= 0.6 is 0 Å². The lowest BCUT2D eigenvalue weighted by Gasteiger charge is -2.12. The van der Waals surface area contributed by atoms with Crippen LogP contribution in [-0.2, 0) is 0 Å². The fraction of sp³-hybridized carbons (Fsp3) is 0.273. The van der Waals surface area contributed by atoms with Gasteiger partial charge in [-0.25, -0.2) is 10.2 Å². The molecule has 18 heavy (non-hydrogen) atoms. The van der Waals surface area contributed by atoms with Crippen molar-refractivity contribution in [3.8, 4) is 17.2 Å². The van der Waals surface area contributed by atoms with Crippen LogP contribution in [-0.4, -0.2) is 33.6 Å². The molecular formula is C11H15N3O4. The average Bonchev–Trinajstić information content (AvgIpc) is 2.36. The summed E-state index contributed by atoms with van der Waals surface area (Å²) in [5, 5.41) is 3.65. The fourth-order valence-corrected chi connectivity index (χ4v) is 1.35. The first-order valence-corrected chi connectivity index (χ1v) is 5.01. The molecule has 1 aromatic rings. The molecule has 7 nitrogen and oxygen atoms in total. The minimum Gasteiger partial charge on any atom is -0.493 e. The van der Waals surface area contributed by atoms with E-state index in [-0.39, 0.29) is 0 Å². The lowest BCUT2D eigenvalue weighted by atomic mass is 10.2. The Morgan fingerprint density at radius 2 is 1.78 bits per heavy atom. The molecular weight excluding hydrogens is 238 g/mol. The number of primary amides is 1. The average molecular weight is 253 g/mol. The van der Waals surface area contributed by atoms with Crippen LogP contribution in [0, 0.1) is 0 Å². The third kappa shape index (κ3) is 3.27. The summed E-state index contributed by atoms with van der Waals surface area (Å²) in [6, 6.07) is 2.64. The molecule has 0 spiro atoms. The minimum atomic E-state index is -0.737. The van der Waals surface area contributed by atoms with Gasteiger partial charge in [0.1, 0.15) is 0 Å². The van der Waals surface area contributed by atoms with Crippen LogP contribution in [0.1, 0.15) is 5.56 Å². The van der Waals surface area contributed by atoms with Gasteiger partial charge in [0.15, 0.2) is 11.5 Å². The SMILES string of the molecule is COc1cc(/C=N\NC(N)=O)cc(OC)c1OC. The van der Waals surface area contributed by atoms with E-state index in [0.717, 1.165) is 0 Å². The number of hydrazone groups is 1. The Labute approximate surface area is 105 Å². The number of carbonyl (C=O) groups excluding carboxylic acids is 1. The topological polar surface area (TPSA) is 95.2 Å². The predicted molar refractivity (Wildman–Crippen MR) is 66.4 cm³/mol. The lowest BCUT2D eigenvalue weighted by molar-refractivity contribution is 0.249. The Morgan fingerprint density at radius 1 is 1.22 bits per heavy atom. The summed E-state index contributed by atoms with van der Waals surface area (Å²) in [4.78, 5) is 10.5. The third-order valence-electron chi connectivity index (χ3n) is 2.08. The summed E-state index contributed by atoms with van der Waals surface area (Å²) in [7, 11) is 4.54. The second-order valence-corrected chi connectivity index (χ2v) is 3.19. The molecule has 0 radical (unpaired) electrons. The van der Waals surface area contributed by atoms with Crippen LogP contribution in [0.2, 0.25) is 0 Å². The van der Waals surface area contributed by atoms with Gasteiger partial charge in [-0.1, -0.05) is 0 Å². The highest BCUT2D eigenvalue weighted by atomic mass is 16.5. The van der Waals surface area contributed by atoms with Crippen molar-refractivity contribution in [1.29, 1.82) is 0 Å². The summed E-state index contributed by atoms with van der Waals surface area (Å²) < 4.78 is 15.5. The molecule has 1 aromatic carbocycles. The molecule has 2 amide bonds. The van der Waals surface area contributed by atoms with Crippen molar-refractivity contribution in [3.05, 3.63) is 17.7 Å². The molecule has 1 rings (SSSR count). The van der Waals surface area contributed by atoms with Crippen LogP contribution in [0.5, 0.6) is 17.2 Å². The Kier molecular flexibility index (Phi) is 4.79. The quantitative estimate of drug-likeness (QED) is 0.597. The van der Waals surface area contributed by atoms with E-state index in [9.17, 15) is 4.79 Å². The van der Waals surface area contributed by atoms with Crippen LogP contribution < -0.4 is 25.4 Å². The number of hydrogen-bond donors (Lipinski definition) is 2. The number of amides is 2. The first kappa shape index (κ1) is 13.6. The predicted octanol–water partition coefficient (Wildman–Crippen LogP) is 0.715. The van der Waals surface area contributed by atoms with Gasteiger partial charge in [0, 0.05) is 5.56 Å². The zero-order chi connectivity index (χ0) is 13.5. The first-order chi connectivity index (χ1) is 8.62. The number of rotatable bonds is 5. The molecule has 0 atom stereocenters. The van der Waals surface area contributed by atoms with Crippen molar-refractivity contribution in [2.45, 2.75) is 0 Å². The maximum atomic E-state index is 10.5. The van der Waals surface area contributed by atoms with Crippen molar-refractivity contribution in [3.63, 3.8) is 0 Å². The Bertz CT molecular complexity index is 435. The zero-order valence-electron chi connectivity index (χ0n) is 10.4. The second kappa shape index (κ2) is 6.33. The molecule has 0 aromatic heterocycles. The van der Waals surface area contributed by atoms with Crippen molar-refractivity contribution in [2.24, 2.45) is 10.8 Å². The van der Waals surface area contributed by atoms with Gasteiger partial charge in [-0.05, 0) is 12.1 Å². The third-order valence-corrected chi connectivity index (χ3v) is 2.08.